The molecule has 102 valence electrons. The summed E-state index contributed by atoms with van der Waals surface area (Å²) in [5.41, 5.74) is 5.96. The first-order chi connectivity index (χ1) is 9.13. The van der Waals surface area contributed by atoms with Crippen molar-refractivity contribution >= 4 is 29.0 Å². The number of piperidine rings is 1. The van der Waals surface area contributed by atoms with E-state index >= 15 is 0 Å². The topological polar surface area (TPSA) is 81.3 Å². The van der Waals surface area contributed by atoms with Crippen molar-refractivity contribution in [2.45, 2.75) is 25.3 Å². The third kappa shape index (κ3) is 2.98. The average molecular weight is 280 g/mol. The third-order valence-electron chi connectivity index (χ3n) is 3.16. The van der Waals surface area contributed by atoms with E-state index in [0.717, 1.165) is 25.8 Å². The van der Waals surface area contributed by atoms with E-state index in [9.17, 15) is 4.79 Å². The molecule has 2 rings (SSSR count). The SMILES string of the molecule is COC(=O)C1CCCCN1c1cnc(C(N)=S)cn1. The lowest BCUT2D eigenvalue weighted by Gasteiger charge is -2.34. The zero-order chi connectivity index (χ0) is 13.8. The van der Waals surface area contributed by atoms with Gasteiger partial charge in [0, 0.05) is 6.54 Å². The molecular weight excluding hydrogens is 264 g/mol. The number of hydrogen-bond donors (Lipinski definition) is 1. The minimum atomic E-state index is -0.288. The van der Waals surface area contributed by atoms with Crippen LogP contribution in [-0.2, 0) is 9.53 Å². The minimum absolute atomic E-state index is 0.210. The van der Waals surface area contributed by atoms with Crippen molar-refractivity contribution in [3.63, 3.8) is 0 Å². The fourth-order valence-corrected chi connectivity index (χ4v) is 2.29. The van der Waals surface area contributed by atoms with Gasteiger partial charge in [0.15, 0.2) is 0 Å². The molecule has 7 heteroatoms. The predicted molar refractivity (Wildman–Crippen MR) is 74.9 cm³/mol. The summed E-state index contributed by atoms with van der Waals surface area (Å²) in [7, 11) is 1.40. The summed E-state index contributed by atoms with van der Waals surface area (Å²) in [6.07, 6.45) is 5.92. The number of nitrogens with two attached hydrogens (primary N) is 1. The fraction of sp³-hybridized carbons (Fsp3) is 0.500. The molecule has 2 N–H and O–H groups in total. The highest BCUT2D eigenvalue weighted by Gasteiger charge is 2.30. The second-order valence-corrected chi connectivity index (χ2v) is 4.79. The summed E-state index contributed by atoms with van der Waals surface area (Å²) < 4.78 is 4.83. The number of thiocarbonyl (C=S) groups is 1. The predicted octanol–water partition coefficient (Wildman–Crippen LogP) is 0.643. The van der Waals surface area contributed by atoms with Crippen molar-refractivity contribution in [1.29, 1.82) is 0 Å². The molecule has 1 aromatic heterocycles. The van der Waals surface area contributed by atoms with Crippen LogP contribution in [0.25, 0.3) is 0 Å². The van der Waals surface area contributed by atoms with Gasteiger partial charge in [-0.05, 0) is 19.3 Å². The normalized spacial score (nSPS) is 19.0. The number of ether oxygens (including phenoxy) is 1. The number of carbonyl (C=O) groups is 1. The van der Waals surface area contributed by atoms with Gasteiger partial charge in [0.05, 0.1) is 19.5 Å². The standard InChI is InChI=1S/C12H16N4O2S/c1-18-12(17)9-4-2-3-5-16(9)10-7-14-8(6-15-10)11(13)19/h6-7,9H,2-5H2,1H3,(H2,13,19). The van der Waals surface area contributed by atoms with Gasteiger partial charge in [-0.3, -0.25) is 0 Å². The van der Waals surface area contributed by atoms with Crippen LogP contribution in [0.5, 0.6) is 0 Å². The summed E-state index contributed by atoms with van der Waals surface area (Å²) in [6.45, 7) is 0.765. The van der Waals surface area contributed by atoms with Gasteiger partial charge in [-0.15, -0.1) is 0 Å². The van der Waals surface area contributed by atoms with E-state index in [2.05, 4.69) is 9.97 Å². The molecule has 1 aliphatic heterocycles. The van der Waals surface area contributed by atoms with Crippen molar-refractivity contribution in [3.8, 4) is 0 Å². The number of anilines is 1. The van der Waals surface area contributed by atoms with Crippen LogP contribution in [0.1, 0.15) is 25.0 Å². The highest BCUT2D eigenvalue weighted by molar-refractivity contribution is 7.80. The molecule has 0 radical (unpaired) electrons. The second kappa shape index (κ2) is 5.92. The number of rotatable bonds is 3. The Balaban J connectivity index is 2.22. The highest BCUT2D eigenvalue weighted by atomic mass is 32.1. The molecule has 0 aliphatic carbocycles. The van der Waals surface area contributed by atoms with E-state index in [1.54, 1.807) is 6.20 Å². The van der Waals surface area contributed by atoms with Gasteiger partial charge < -0.3 is 15.4 Å². The summed E-state index contributed by atoms with van der Waals surface area (Å²) in [5, 5.41) is 0. The van der Waals surface area contributed by atoms with Crippen molar-refractivity contribution < 1.29 is 9.53 Å². The number of carbonyl (C=O) groups excluding carboxylic acids is 1. The molecule has 2 heterocycles. The Morgan fingerprint density at radius 1 is 1.47 bits per heavy atom. The van der Waals surface area contributed by atoms with Crippen molar-refractivity contribution in [2.75, 3.05) is 18.6 Å². The fourth-order valence-electron chi connectivity index (χ4n) is 2.18. The maximum atomic E-state index is 11.8. The zero-order valence-electron chi connectivity index (χ0n) is 10.7. The Morgan fingerprint density at radius 2 is 2.26 bits per heavy atom. The van der Waals surface area contributed by atoms with E-state index in [1.807, 2.05) is 4.90 Å². The van der Waals surface area contributed by atoms with Crippen LogP contribution in [0.4, 0.5) is 5.82 Å². The maximum absolute atomic E-state index is 11.8. The summed E-state index contributed by atoms with van der Waals surface area (Å²) in [5.74, 6) is 0.412. The van der Waals surface area contributed by atoms with Crippen molar-refractivity contribution in [1.82, 2.24) is 9.97 Å². The summed E-state index contributed by atoms with van der Waals surface area (Å²) in [4.78, 5) is 22.3. The van der Waals surface area contributed by atoms with Crippen LogP contribution < -0.4 is 10.6 Å². The van der Waals surface area contributed by atoms with E-state index in [0.29, 0.717) is 11.5 Å². The molecule has 6 nitrogen and oxygen atoms in total. The number of nitrogens with zero attached hydrogens (tertiary/aromatic N) is 3. The molecule has 0 aromatic carbocycles. The van der Waals surface area contributed by atoms with Gasteiger partial charge in [0.2, 0.25) is 0 Å². The van der Waals surface area contributed by atoms with E-state index < -0.39 is 0 Å². The molecule has 0 spiro atoms. The quantitative estimate of drug-likeness (QED) is 0.643. The first-order valence-corrected chi connectivity index (χ1v) is 6.50. The number of esters is 1. The molecule has 1 atom stereocenters. The van der Waals surface area contributed by atoms with Gasteiger partial charge in [0.1, 0.15) is 22.5 Å². The van der Waals surface area contributed by atoms with Gasteiger partial charge in [-0.25, -0.2) is 14.8 Å². The smallest absolute Gasteiger partial charge is 0.328 e. The summed E-state index contributed by atoms with van der Waals surface area (Å²) >= 11 is 4.83. The van der Waals surface area contributed by atoms with Gasteiger partial charge >= 0.3 is 5.97 Å². The Bertz CT molecular complexity index is 477. The Kier molecular flexibility index (Phi) is 4.26. The monoisotopic (exact) mass is 280 g/mol. The van der Waals surface area contributed by atoms with E-state index in [1.165, 1.54) is 13.3 Å². The number of methoxy groups -OCH3 is 1. The lowest BCUT2D eigenvalue weighted by molar-refractivity contribution is -0.142. The van der Waals surface area contributed by atoms with Crippen molar-refractivity contribution in [3.05, 3.63) is 18.1 Å². The molecule has 0 saturated carbocycles. The van der Waals surface area contributed by atoms with Gasteiger partial charge in [0.25, 0.3) is 0 Å². The lowest BCUT2D eigenvalue weighted by atomic mass is 10.0. The molecule has 0 amide bonds. The molecular formula is C12H16N4O2S. The van der Waals surface area contributed by atoms with Crippen molar-refractivity contribution in [2.24, 2.45) is 5.73 Å². The van der Waals surface area contributed by atoms with Gasteiger partial charge in [-0.1, -0.05) is 12.2 Å². The molecule has 1 aromatic rings. The Morgan fingerprint density at radius 3 is 2.84 bits per heavy atom. The first kappa shape index (κ1) is 13.7. The van der Waals surface area contributed by atoms with Gasteiger partial charge in [-0.2, -0.15) is 0 Å². The molecule has 0 bridgehead atoms. The van der Waals surface area contributed by atoms with Crippen LogP contribution in [-0.4, -0.2) is 40.6 Å². The van der Waals surface area contributed by atoms with Crippen LogP contribution in [0.2, 0.25) is 0 Å². The van der Waals surface area contributed by atoms with E-state index in [-0.39, 0.29) is 17.0 Å². The zero-order valence-corrected chi connectivity index (χ0v) is 11.5. The third-order valence-corrected chi connectivity index (χ3v) is 3.37. The van der Waals surface area contributed by atoms with Crippen LogP contribution >= 0.6 is 12.2 Å². The molecule has 1 aliphatic rings. The molecule has 1 saturated heterocycles. The van der Waals surface area contributed by atoms with E-state index in [4.69, 9.17) is 22.7 Å². The van der Waals surface area contributed by atoms with Crippen LogP contribution in [0.3, 0.4) is 0 Å². The highest BCUT2D eigenvalue weighted by Crippen LogP contribution is 2.23. The Hall–Kier alpha value is -1.76. The molecule has 1 fully saturated rings. The molecule has 1 unspecified atom stereocenters. The first-order valence-electron chi connectivity index (χ1n) is 6.10. The average Bonchev–Trinajstić information content (AvgIpc) is 2.46. The van der Waals surface area contributed by atoms with Crippen LogP contribution in [0.15, 0.2) is 12.4 Å². The lowest BCUT2D eigenvalue weighted by Crippen LogP contribution is -2.45. The Labute approximate surface area is 117 Å². The summed E-state index contributed by atoms with van der Waals surface area (Å²) in [6, 6.07) is -0.288. The minimum Gasteiger partial charge on any atom is -0.467 e. The largest absolute Gasteiger partial charge is 0.467 e. The maximum Gasteiger partial charge on any atom is 0.328 e. The molecule has 19 heavy (non-hydrogen) atoms. The number of hydrogen-bond acceptors (Lipinski definition) is 6. The second-order valence-electron chi connectivity index (χ2n) is 4.35. The number of aromatic nitrogens is 2. The van der Waals surface area contributed by atoms with Crippen LogP contribution in [0, 0.1) is 0 Å².